The molecule has 0 radical (unpaired) electrons. The molecule has 0 unspecified atom stereocenters. The Morgan fingerprint density at radius 3 is 1.43 bits per heavy atom. The molecule has 6 nitrogen and oxygen atoms in total. The van der Waals surface area contributed by atoms with E-state index in [1.165, 1.54) is 0 Å². The Morgan fingerprint density at radius 1 is 1.29 bits per heavy atom. The minimum absolute atomic E-state index is 1.06. The molecular weight excluding hydrogens is 149 g/mol. The van der Waals surface area contributed by atoms with Crippen molar-refractivity contribution >= 4 is 0 Å². The minimum atomic E-state index is -6.73. The summed E-state index contributed by atoms with van der Waals surface area (Å²) in [6, 6.07) is 0. The van der Waals surface area contributed by atoms with Crippen LogP contribution in [0.4, 0.5) is 0 Å². The van der Waals surface area contributed by atoms with E-state index in [9.17, 15) is 7.67 Å². The SMILES string of the molecule is O=[N][Mn](=[O])(=[O])([OH])[OH]. The predicted molar refractivity (Wildman–Crippen MR) is 11.6 cm³/mol. The van der Waals surface area contributed by atoms with Crippen molar-refractivity contribution < 1.29 is 28.6 Å². The molecule has 0 atom stereocenters. The molecule has 44 valence electrons. The fourth-order valence-electron chi connectivity index (χ4n) is 0. The van der Waals surface area contributed by atoms with Crippen LogP contribution in [0, 0.1) is 4.91 Å². The zero-order chi connectivity index (χ0) is 6.15. The Bertz CT molecular complexity index is 182. The van der Waals surface area contributed by atoms with Gasteiger partial charge in [0.15, 0.2) is 0 Å². The molecule has 2 N–H and O–H groups in total. The molecule has 0 saturated heterocycles. The molecule has 0 fully saturated rings. The molecule has 0 spiro atoms. The maximum atomic E-state index is 9.28. The fraction of sp³-hybridized carbons (Fsp3) is 0. The van der Waals surface area contributed by atoms with Crippen LogP contribution in [0.3, 0.4) is 0 Å². The molecule has 0 rings (SSSR count). The van der Waals surface area contributed by atoms with Gasteiger partial charge in [-0.05, 0) is 0 Å². The summed E-state index contributed by atoms with van der Waals surface area (Å²) in [6.07, 6.45) is 0. The van der Waals surface area contributed by atoms with Gasteiger partial charge in [0, 0.05) is 0 Å². The van der Waals surface area contributed by atoms with E-state index in [4.69, 9.17) is 13.3 Å². The van der Waals surface area contributed by atoms with Crippen LogP contribution in [0.5, 0.6) is 0 Å². The van der Waals surface area contributed by atoms with E-state index in [-0.39, 0.29) is 0 Å². The first-order chi connectivity index (χ1) is 2.81. The third-order valence-corrected chi connectivity index (χ3v) is 0.487. The first-order valence-corrected chi connectivity index (χ1v) is 3.55. The molecule has 0 saturated carbocycles. The summed E-state index contributed by atoms with van der Waals surface area (Å²) in [5.74, 6) is 0. The molecule has 0 aliphatic heterocycles. The second kappa shape index (κ2) is 1.07. The van der Waals surface area contributed by atoms with Crippen molar-refractivity contribution in [3.63, 3.8) is 0 Å². The zero-order valence-electron chi connectivity index (χ0n) is 2.94. The van der Waals surface area contributed by atoms with Gasteiger partial charge in [0.05, 0.1) is 0 Å². The first kappa shape index (κ1) is 6.64. The second-order valence-electron chi connectivity index (χ2n) is 0.773. The standard InChI is InChI=1S/Mn.NO.2H2O.2O/c;1-2;;;;/h;;2*1H2;;/q+3;-1;;;;/p-2. The van der Waals surface area contributed by atoms with Gasteiger partial charge in [-0.15, -0.1) is 0 Å². The summed E-state index contributed by atoms with van der Waals surface area (Å²) in [4.78, 5) is 8.84. The van der Waals surface area contributed by atoms with Gasteiger partial charge in [-0.3, -0.25) is 0 Å². The van der Waals surface area contributed by atoms with E-state index in [2.05, 4.69) is 0 Å². The second-order valence-corrected chi connectivity index (χ2v) is 3.19. The van der Waals surface area contributed by atoms with Gasteiger partial charge in [0.2, 0.25) is 0 Å². The number of nitrogens with zero attached hydrogens (tertiary/aromatic N) is 1. The van der Waals surface area contributed by atoms with Crippen LogP contribution in [0.1, 0.15) is 0 Å². The molecule has 0 heterocycles. The van der Waals surface area contributed by atoms with Gasteiger partial charge < -0.3 is 0 Å². The van der Waals surface area contributed by atoms with Crippen molar-refractivity contribution in [1.82, 2.24) is 0 Å². The Balaban J connectivity index is 4.89. The normalized spacial score (nSPS) is 17.1. The molecule has 0 aliphatic rings. The molecule has 7 heteroatoms. The van der Waals surface area contributed by atoms with Crippen LogP contribution in [-0.4, -0.2) is 8.38 Å². The van der Waals surface area contributed by atoms with Crippen molar-refractivity contribution in [2.75, 3.05) is 0 Å². The van der Waals surface area contributed by atoms with E-state index in [1.54, 1.807) is 0 Å². The Labute approximate surface area is 38.6 Å². The molecule has 0 aromatic carbocycles. The Kier molecular flexibility index (Phi) is 1.02. The van der Waals surface area contributed by atoms with Crippen LogP contribution in [0.25, 0.3) is 0 Å². The van der Waals surface area contributed by atoms with E-state index in [1.807, 2.05) is 0 Å². The number of nitroso groups, excluding NO2 is 1. The summed E-state index contributed by atoms with van der Waals surface area (Å²) in [5.41, 5.74) is 0. The third kappa shape index (κ3) is 5.64. The number of hydrogen-bond acceptors (Lipinski definition) is 3. The van der Waals surface area contributed by atoms with Crippen molar-refractivity contribution in [2.24, 2.45) is 4.19 Å². The first-order valence-electron chi connectivity index (χ1n) is 0.998. The van der Waals surface area contributed by atoms with Gasteiger partial charge in [-0.2, -0.15) is 0 Å². The van der Waals surface area contributed by atoms with Crippen molar-refractivity contribution in [3.8, 4) is 0 Å². The van der Waals surface area contributed by atoms with Crippen LogP contribution >= 0.6 is 0 Å². The Morgan fingerprint density at radius 2 is 1.43 bits per heavy atom. The van der Waals surface area contributed by atoms with Crippen LogP contribution in [-0.2, 0) is 20.2 Å². The van der Waals surface area contributed by atoms with E-state index < -0.39 is 12.5 Å². The zero-order valence-corrected chi connectivity index (χ0v) is 4.12. The number of hydrogen-bond donors (Lipinski definition) is 2. The van der Waals surface area contributed by atoms with Crippen LogP contribution in [0.15, 0.2) is 4.19 Å². The van der Waals surface area contributed by atoms with Crippen molar-refractivity contribution in [1.29, 1.82) is 0 Å². The van der Waals surface area contributed by atoms with Crippen LogP contribution in [0.2, 0.25) is 0 Å². The van der Waals surface area contributed by atoms with Gasteiger partial charge in [0.25, 0.3) is 0 Å². The van der Waals surface area contributed by atoms with Gasteiger partial charge >= 0.3 is 37.7 Å². The maximum absolute atomic E-state index is 9.28. The quantitative estimate of drug-likeness (QED) is 0.364. The molecule has 0 amide bonds. The van der Waals surface area contributed by atoms with Gasteiger partial charge in [-0.1, -0.05) is 0 Å². The fourth-order valence-corrected chi connectivity index (χ4v) is 0. The van der Waals surface area contributed by atoms with Crippen LogP contribution < -0.4 is 0 Å². The summed E-state index contributed by atoms with van der Waals surface area (Å²) < 4.78 is 34.4. The van der Waals surface area contributed by atoms with Gasteiger partial charge in [-0.25, -0.2) is 0 Å². The van der Waals surface area contributed by atoms with E-state index in [0.29, 0.717) is 0 Å². The molecule has 0 aromatic heterocycles. The topological polar surface area (TPSA) is 104 Å². The number of rotatable bonds is 1. The average molecular weight is 151 g/mol. The summed E-state index contributed by atoms with van der Waals surface area (Å²) in [6.45, 7) is 0. The van der Waals surface area contributed by atoms with Crippen molar-refractivity contribution in [2.45, 2.75) is 0 Å². The van der Waals surface area contributed by atoms with Crippen molar-refractivity contribution in [3.05, 3.63) is 4.91 Å². The summed E-state index contributed by atoms with van der Waals surface area (Å²) >= 11 is -6.73. The summed E-state index contributed by atoms with van der Waals surface area (Å²) in [5, 5.41) is 0. The van der Waals surface area contributed by atoms with E-state index >= 15 is 0 Å². The molecule has 0 aromatic rings. The molecule has 0 bridgehead atoms. The third-order valence-electron chi connectivity index (χ3n) is 0.118. The Hall–Kier alpha value is -0.361. The monoisotopic (exact) mass is 151 g/mol. The molecule has 7 heavy (non-hydrogen) atoms. The summed E-state index contributed by atoms with van der Waals surface area (Å²) in [7, 11) is 0. The molecular formula is H2MnNO5. The molecule has 0 aliphatic carbocycles. The predicted octanol–water partition coefficient (Wildman–Crippen LogP) is -1.14. The van der Waals surface area contributed by atoms with Gasteiger partial charge in [0.1, 0.15) is 0 Å². The van der Waals surface area contributed by atoms with E-state index in [0.717, 1.165) is 4.19 Å². The average Bonchev–Trinajstić information content (AvgIpc) is 1.32.